The fourth-order valence-corrected chi connectivity index (χ4v) is 3.79. The number of hydrogen-bond donors (Lipinski definition) is 0. The summed E-state index contributed by atoms with van der Waals surface area (Å²) in [4.78, 5) is 11.0. The molecule has 5 nitrogen and oxygen atoms in total. The van der Waals surface area contributed by atoms with Gasteiger partial charge in [0.05, 0.1) is 12.9 Å². The van der Waals surface area contributed by atoms with E-state index in [2.05, 4.69) is 18.6 Å². The monoisotopic (exact) mass is 291 g/mol. The van der Waals surface area contributed by atoms with E-state index < -0.39 is 10.0 Å². The first-order valence-electron chi connectivity index (χ1n) is 6.87. The van der Waals surface area contributed by atoms with Gasteiger partial charge in [0.1, 0.15) is 0 Å². The maximum absolute atomic E-state index is 12.1. The van der Waals surface area contributed by atoms with E-state index in [0.717, 1.165) is 19.3 Å². The van der Waals surface area contributed by atoms with E-state index in [9.17, 15) is 13.2 Å². The highest BCUT2D eigenvalue weighted by Gasteiger charge is 2.33. The van der Waals surface area contributed by atoms with Crippen LogP contribution in [-0.4, -0.2) is 44.6 Å². The van der Waals surface area contributed by atoms with E-state index in [1.807, 2.05) is 0 Å². The average Bonchev–Trinajstić information content (AvgIpc) is 2.39. The fourth-order valence-electron chi connectivity index (χ4n) is 2.29. The van der Waals surface area contributed by atoms with Gasteiger partial charge in [-0.15, -0.1) is 0 Å². The van der Waals surface area contributed by atoms with Gasteiger partial charge in [0.2, 0.25) is 10.0 Å². The van der Waals surface area contributed by atoms with Crippen LogP contribution in [-0.2, 0) is 19.6 Å². The number of nitrogens with zero attached hydrogens (tertiary/aromatic N) is 1. The second kappa shape index (κ2) is 6.70. The maximum atomic E-state index is 12.1. The zero-order valence-corrected chi connectivity index (χ0v) is 13.0. The third-order valence-corrected chi connectivity index (χ3v) is 6.14. The molecule has 1 fully saturated rings. The summed E-state index contributed by atoms with van der Waals surface area (Å²) in [5.74, 6) is -0.322. The van der Waals surface area contributed by atoms with Gasteiger partial charge in [0.25, 0.3) is 0 Å². The largest absolute Gasteiger partial charge is 0.469 e. The Morgan fingerprint density at radius 1 is 1.32 bits per heavy atom. The molecule has 112 valence electrons. The summed E-state index contributed by atoms with van der Waals surface area (Å²) < 4.78 is 30.3. The van der Waals surface area contributed by atoms with Gasteiger partial charge in [-0.05, 0) is 24.7 Å². The number of carbonyl (C=O) groups excluding carboxylic acids is 1. The summed E-state index contributed by atoms with van der Waals surface area (Å²) in [7, 11) is -1.91. The Labute approximate surface area is 116 Å². The van der Waals surface area contributed by atoms with Crippen LogP contribution < -0.4 is 0 Å². The third-order valence-electron chi connectivity index (χ3n) is 4.19. The Bertz CT molecular complexity index is 397. The van der Waals surface area contributed by atoms with Crippen LogP contribution in [0.2, 0.25) is 0 Å². The van der Waals surface area contributed by atoms with Crippen LogP contribution >= 0.6 is 0 Å². The number of esters is 1. The number of methoxy groups -OCH3 is 1. The Morgan fingerprint density at radius 2 is 1.89 bits per heavy atom. The van der Waals surface area contributed by atoms with Gasteiger partial charge in [-0.1, -0.05) is 20.3 Å². The van der Waals surface area contributed by atoms with Gasteiger partial charge < -0.3 is 4.74 Å². The Hall–Kier alpha value is -0.620. The van der Waals surface area contributed by atoms with Crippen LogP contribution in [0.15, 0.2) is 0 Å². The first kappa shape index (κ1) is 16.4. The fraction of sp³-hybridized carbons (Fsp3) is 0.923. The lowest BCUT2D eigenvalue weighted by atomic mass is 9.79. The van der Waals surface area contributed by atoms with Crippen LogP contribution in [0, 0.1) is 5.41 Å². The normalized spacial score (nSPS) is 20.2. The zero-order valence-electron chi connectivity index (χ0n) is 12.1. The van der Waals surface area contributed by atoms with Crippen LogP contribution in [0.3, 0.4) is 0 Å². The van der Waals surface area contributed by atoms with Gasteiger partial charge in [-0.25, -0.2) is 12.7 Å². The van der Waals surface area contributed by atoms with Crippen molar-refractivity contribution in [3.8, 4) is 0 Å². The summed E-state index contributed by atoms with van der Waals surface area (Å²) in [6.45, 7) is 5.57. The number of sulfonamides is 1. The molecule has 0 aromatic carbocycles. The maximum Gasteiger partial charge on any atom is 0.305 e. The van der Waals surface area contributed by atoms with Crippen molar-refractivity contribution in [1.82, 2.24) is 4.31 Å². The molecular formula is C13H25NO4S. The summed E-state index contributed by atoms with van der Waals surface area (Å²) in [5.41, 5.74) is 0.276. The number of ether oxygens (including phenoxy) is 1. The van der Waals surface area contributed by atoms with E-state index in [1.165, 1.54) is 7.11 Å². The topological polar surface area (TPSA) is 63.7 Å². The molecule has 1 heterocycles. The first-order chi connectivity index (χ1) is 8.83. The smallest absolute Gasteiger partial charge is 0.305 e. The number of carbonyl (C=O) groups is 1. The summed E-state index contributed by atoms with van der Waals surface area (Å²) in [6, 6.07) is 0. The molecular weight excluding hydrogens is 266 g/mol. The number of hydrogen-bond acceptors (Lipinski definition) is 4. The van der Waals surface area contributed by atoms with Gasteiger partial charge in [-0.3, -0.25) is 4.79 Å². The second-order valence-electron chi connectivity index (χ2n) is 5.56. The number of piperidine rings is 1. The van der Waals surface area contributed by atoms with E-state index in [-0.39, 0.29) is 23.6 Å². The van der Waals surface area contributed by atoms with Crippen molar-refractivity contribution in [1.29, 1.82) is 0 Å². The molecule has 0 saturated carbocycles. The van der Waals surface area contributed by atoms with E-state index >= 15 is 0 Å². The minimum atomic E-state index is -3.22. The van der Waals surface area contributed by atoms with Crippen molar-refractivity contribution < 1.29 is 17.9 Å². The molecule has 0 unspecified atom stereocenters. The second-order valence-corrected chi connectivity index (χ2v) is 7.65. The van der Waals surface area contributed by atoms with Crippen molar-refractivity contribution in [2.24, 2.45) is 5.41 Å². The van der Waals surface area contributed by atoms with Crippen LogP contribution in [0.5, 0.6) is 0 Å². The lowest BCUT2D eigenvalue weighted by Gasteiger charge is -2.38. The Balaban J connectivity index is 2.44. The van der Waals surface area contributed by atoms with Gasteiger partial charge >= 0.3 is 5.97 Å². The lowest BCUT2D eigenvalue weighted by Crippen LogP contribution is -2.42. The molecule has 6 heteroatoms. The minimum absolute atomic E-state index is 0.0327. The van der Waals surface area contributed by atoms with Crippen molar-refractivity contribution >= 4 is 16.0 Å². The van der Waals surface area contributed by atoms with Crippen molar-refractivity contribution in [3.63, 3.8) is 0 Å². The first-order valence-corrected chi connectivity index (χ1v) is 8.48. The Morgan fingerprint density at radius 3 is 2.37 bits per heavy atom. The predicted octanol–water partition coefficient (Wildman–Crippen LogP) is 1.78. The Kier molecular flexibility index (Phi) is 5.80. The zero-order chi connectivity index (χ0) is 14.5. The van der Waals surface area contributed by atoms with Gasteiger partial charge in [-0.2, -0.15) is 0 Å². The molecule has 19 heavy (non-hydrogen) atoms. The molecule has 0 N–H and O–H groups in total. The van der Waals surface area contributed by atoms with E-state index in [1.54, 1.807) is 4.31 Å². The molecule has 1 aliphatic rings. The molecule has 0 bridgehead atoms. The number of rotatable bonds is 6. The van der Waals surface area contributed by atoms with E-state index in [0.29, 0.717) is 19.5 Å². The standard InChI is InChI=1S/C13H25NO4S/c1-4-13(2)7-9-14(10-8-13)19(16,17)11-5-6-12(15)18-3/h4-11H2,1-3H3. The summed E-state index contributed by atoms with van der Waals surface area (Å²) in [6.07, 6.45) is 3.41. The minimum Gasteiger partial charge on any atom is -0.469 e. The van der Waals surface area contributed by atoms with Gasteiger partial charge in [0, 0.05) is 19.5 Å². The summed E-state index contributed by atoms with van der Waals surface area (Å²) in [5, 5.41) is 0. The molecule has 1 aliphatic heterocycles. The molecule has 0 atom stereocenters. The molecule has 0 aromatic heterocycles. The highest BCUT2D eigenvalue weighted by molar-refractivity contribution is 7.89. The molecule has 1 saturated heterocycles. The molecule has 0 amide bonds. The average molecular weight is 291 g/mol. The van der Waals surface area contributed by atoms with E-state index in [4.69, 9.17) is 0 Å². The molecule has 1 rings (SSSR count). The highest BCUT2D eigenvalue weighted by atomic mass is 32.2. The SMILES string of the molecule is CCC1(C)CCN(S(=O)(=O)CCCC(=O)OC)CC1. The van der Waals surface area contributed by atoms with Crippen LogP contribution in [0.1, 0.15) is 46.0 Å². The third kappa shape index (κ3) is 4.76. The predicted molar refractivity (Wildman–Crippen MR) is 74.2 cm³/mol. The molecule has 0 spiro atoms. The van der Waals surface area contributed by atoms with Crippen molar-refractivity contribution in [3.05, 3.63) is 0 Å². The summed E-state index contributed by atoms with van der Waals surface area (Å²) >= 11 is 0. The molecule has 0 radical (unpaired) electrons. The molecule has 0 aliphatic carbocycles. The van der Waals surface area contributed by atoms with Crippen molar-refractivity contribution in [2.75, 3.05) is 26.0 Å². The lowest BCUT2D eigenvalue weighted by molar-refractivity contribution is -0.140. The van der Waals surface area contributed by atoms with Crippen LogP contribution in [0.4, 0.5) is 0 Å². The quantitative estimate of drug-likeness (QED) is 0.700. The van der Waals surface area contributed by atoms with Crippen molar-refractivity contribution in [2.45, 2.75) is 46.0 Å². The molecule has 0 aromatic rings. The van der Waals surface area contributed by atoms with Gasteiger partial charge in [0.15, 0.2) is 0 Å². The van der Waals surface area contributed by atoms with Crippen LogP contribution in [0.25, 0.3) is 0 Å². The highest BCUT2D eigenvalue weighted by Crippen LogP contribution is 2.34.